The molecule has 2 aromatic rings. The zero-order valence-electron chi connectivity index (χ0n) is 8.90. The van der Waals surface area contributed by atoms with Gasteiger partial charge in [-0.2, -0.15) is 5.10 Å². The first-order valence-corrected chi connectivity index (χ1v) is 5.05. The summed E-state index contributed by atoms with van der Waals surface area (Å²) in [6.07, 6.45) is 7.37. The second kappa shape index (κ2) is 3.81. The van der Waals surface area contributed by atoms with E-state index < -0.39 is 0 Å². The standard InChI is InChI=1S/C11H13N3O/c1-3-4-9-5-12-11-10(8(2)15)6-13-14(11)7-9/h5-7H,3-4H2,1-2H3. The molecule has 15 heavy (non-hydrogen) atoms. The molecule has 2 heterocycles. The summed E-state index contributed by atoms with van der Waals surface area (Å²) >= 11 is 0. The highest BCUT2D eigenvalue weighted by Crippen LogP contribution is 2.10. The minimum Gasteiger partial charge on any atom is -0.294 e. The first kappa shape index (κ1) is 9.83. The SMILES string of the molecule is CCCc1cnc2c(C(C)=O)cnn2c1. The first-order valence-electron chi connectivity index (χ1n) is 5.05. The van der Waals surface area contributed by atoms with Gasteiger partial charge in [0.25, 0.3) is 0 Å². The largest absolute Gasteiger partial charge is 0.294 e. The van der Waals surface area contributed by atoms with Gasteiger partial charge in [0.15, 0.2) is 11.4 Å². The number of hydrogen-bond donors (Lipinski definition) is 0. The van der Waals surface area contributed by atoms with Crippen LogP contribution < -0.4 is 0 Å². The lowest BCUT2D eigenvalue weighted by Crippen LogP contribution is -1.97. The van der Waals surface area contributed by atoms with Gasteiger partial charge in [0.2, 0.25) is 0 Å². The summed E-state index contributed by atoms with van der Waals surface area (Å²) in [6.45, 7) is 3.65. The third kappa shape index (κ3) is 1.75. The van der Waals surface area contributed by atoms with Crippen molar-refractivity contribution in [1.29, 1.82) is 0 Å². The Labute approximate surface area is 87.9 Å². The van der Waals surface area contributed by atoms with Gasteiger partial charge in [-0.25, -0.2) is 9.50 Å². The Balaban J connectivity index is 2.51. The van der Waals surface area contributed by atoms with Crippen molar-refractivity contribution in [2.24, 2.45) is 0 Å². The molecule has 78 valence electrons. The fraction of sp³-hybridized carbons (Fsp3) is 0.364. The molecule has 4 nitrogen and oxygen atoms in total. The van der Waals surface area contributed by atoms with E-state index in [1.807, 2.05) is 12.4 Å². The van der Waals surface area contributed by atoms with Crippen LogP contribution in [0.2, 0.25) is 0 Å². The molecule has 0 N–H and O–H groups in total. The minimum absolute atomic E-state index is 0.000687. The number of carbonyl (C=O) groups is 1. The van der Waals surface area contributed by atoms with Crippen LogP contribution in [0.15, 0.2) is 18.6 Å². The molecule has 4 heteroatoms. The van der Waals surface area contributed by atoms with E-state index in [-0.39, 0.29) is 5.78 Å². The molecular formula is C11H13N3O. The minimum atomic E-state index is 0.000687. The van der Waals surface area contributed by atoms with Crippen LogP contribution in [0.3, 0.4) is 0 Å². The molecule has 0 saturated carbocycles. The Morgan fingerprint density at radius 1 is 1.47 bits per heavy atom. The molecule has 0 aliphatic rings. The van der Waals surface area contributed by atoms with Crippen molar-refractivity contribution in [1.82, 2.24) is 14.6 Å². The van der Waals surface area contributed by atoms with Crippen LogP contribution >= 0.6 is 0 Å². The van der Waals surface area contributed by atoms with Crippen LogP contribution in [0.4, 0.5) is 0 Å². The second-order valence-electron chi connectivity index (χ2n) is 3.59. The fourth-order valence-electron chi connectivity index (χ4n) is 1.58. The van der Waals surface area contributed by atoms with Crippen molar-refractivity contribution >= 4 is 11.4 Å². The molecule has 0 saturated heterocycles. The lowest BCUT2D eigenvalue weighted by molar-refractivity contribution is 0.101. The number of aromatic nitrogens is 3. The number of aryl methyl sites for hydroxylation is 1. The van der Waals surface area contributed by atoms with E-state index in [1.54, 1.807) is 10.7 Å². The molecule has 0 atom stereocenters. The smallest absolute Gasteiger partial charge is 0.165 e. The lowest BCUT2D eigenvalue weighted by atomic mass is 10.2. The van der Waals surface area contributed by atoms with Gasteiger partial charge in [0, 0.05) is 12.4 Å². The zero-order valence-corrected chi connectivity index (χ0v) is 8.90. The van der Waals surface area contributed by atoms with Crippen molar-refractivity contribution in [3.63, 3.8) is 0 Å². The maximum atomic E-state index is 11.2. The van der Waals surface area contributed by atoms with Gasteiger partial charge in [-0.05, 0) is 18.9 Å². The highest BCUT2D eigenvalue weighted by molar-refractivity contribution is 5.99. The monoisotopic (exact) mass is 203 g/mol. The molecule has 0 aliphatic heterocycles. The van der Waals surface area contributed by atoms with Crippen LogP contribution in [-0.4, -0.2) is 20.4 Å². The Morgan fingerprint density at radius 3 is 2.93 bits per heavy atom. The highest BCUT2D eigenvalue weighted by atomic mass is 16.1. The average molecular weight is 203 g/mol. The van der Waals surface area contributed by atoms with Crippen molar-refractivity contribution < 1.29 is 4.79 Å². The number of Topliss-reactive ketones (excluding diaryl/α,β-unsaturated/α-hetero) is 1. The summed E-state index contributed by atoms with van der Waals surface area (Å²) in [7, 11) is 0. The van der Waals surface area contributed by atoms with Crippen LogP contribution in [0, 0.1) is 0 Å². The van der Waals surface area contributed by atoms with Gasteiger partial charge >= 0.3 is 0 Å². The van der Waals surface area contributed by atoms with E-state index >= 15 is 0 Å². The number of hydrogen-bond acceptors (Lipinski definition) is 3. The molecule has 0 spiro atoms. The van der Waals surface area contributed by atoms with E-state index in [2.05, 4.69) is 17.0 Å². The van der Waals surface area contributed by atoms with Crippen molar-refractivity contribution in [3.8, 4) is 0 Å². The maximum absolute atomic E-state index is 11.2. The molecule has 0 aliphatic carbocycles. The van der Waals surface area contributed by atoms with Crippen LogP contribution in [-0.2, 0) is 6.42 Å². The van der Waals surface area contributed by atoms with Gasteiger partial charge in [0.05, 0.1) is 11.8 Å². The van der Waals surface area contributed by atoms with E-state index in [0.717, 1.165) is 18.4 Å². The van der Waals surface area contributed by atoms with E-state index in [4.69, 9.17) is 0 Å². The number of ketones is 1. The molecule has 0 aromatic carbocycles. The number of nitrogens with zero attached hydrogens (tertiary/aromatic N) is 3. The number of rotatable bonds is 3. The summed E-state index contributed by atoms with van der Waals surface area (Å²) in [5.41, 5.74) is 2.36. The molecule has 0 bridgehead atoms. The molecule has 2 aromatic heterocycles. The van der Waals surface area contributed by atoms with E-state index in [1.165, 1.54) is 6.92 Å². The van der Waals surface area contributed by atoms with Crippen LogP contribution in [0.5, 0.6) is 0 Å². The Morgan fingerprint density at radius 2 is 2.27 bits per heavy atom. The molecular weight excluding hydrogens is 190 g/mol. The zero-order chi connectivity index (χ0) is 10.8. The topological polar surface area (TPSA) is 47.3 Å². The van der Waals surface area contributed by atoms with Crippen molar-refractivity contribution in [2.45, 2.75) is 26.7 Å². The normalized spacial score (nSPS) is 10.8. The van der Waals surface area contributed by atoms with Gasteiger partial charge in [0.1, 0.15) is 0 Å². The molecule has 2 rings (SSSR count). The van der Waals surface area contributed by atoms with Crippen molar-refractivity contribution in [2.75, 3.05) is 0 Å². The third-order valence-electron chi connectivity index (χ3n) is 2.33. The van der Waals surface area contributed by atoms with Gasteiger partial charge in [-0.15, -0.1) is 0 Å². The molecule has 0 unspecified atom stereocenters. The predicted octanol–water partition coefficient (Wildman–Crippen LogP) is 1.88. The molecule has 0 amide bonds. The Kier molecular flexibility index (Phi) is 2.49. The predicted molar refractivity (Wildman–Crippen MR) is 57.0 cm³/mol. The fourth-order valence-corrected chi connectivity index (χ4v) is 1.58. The van der Waals surface area contributed by atoms with E-state index in [0.29, 0.717) is 11.2 Å². The summed E-state index contributed by atoms with van der Waals surface area (Å²) in [5.74, 6) is 0.000687. The average Bonchev–Trinajstić information content (AvgIpc) is 2.61. The highest BCUT2D eigenvalue weighted by Gasteiger charge is 2.09. The van der Waals surface area contributed by atoms with Gasteiger partial charge in [-0.1, -0.05) is 13.3 Å². The maximum Gasteiger partial charge on any atom is 0.165 e. The second-order valence-corrected chi connectivity index (χ2v) is 3.59. The summed E-state index contributed by atoms with van der Waals surface area (Å²) < 4.78 is 1.67. The van der Waals surface area contributed by atoms with Gasteiger partial charge < -0.3 is 0 Å². The summed E-state index contributed by atoms with van der Waals surface area (Å²) in [4.78, 5) is 15.5. The number of carbonyl (C=O) groups excluding carboxylic acids is 1. The van der Waals surface area contributed by atoms with E-state index in [9.17, 15) is 4.79 Å². The van der Waals surface area contributed by atoms with Crippen LogP contribution in [0.1, 0.15) is 36.2 Å². The molecule has 0 radical (unpaired) electrons. The lowest BCUT2D eigenvalue weighted by Gasteiger charge is -1.99. The Hall–Kier alpha value is -1.71. The van der Waals surface area contributed by atoms with Crippen LogP contribution in [0.25, 0.3) is 5.65 Å². The summed E-state index contributed by atoms with van der Waals surface area (Å²) in [5, 5.41) is 4.12. The first-order chi connectivity index (χ1) is 7.22. The Bertz CT molecular complexity index is 502. The number of fused-ring (bicyclic) bond motifs is 1. The third-order valence-corrected chi connectivity index (χ3v) is 2.33. The van der Waals surface area contributed by atoms with Crippen molar-refractivity contribution in [3.05, 3.63) is 29.7 Å². The summed E-state index contributed by atoms with van der Waals surface area (Å²) in [6, 6.07) is 0. The quantitative estimate of drug-likeness (QED) is 0.715. The van der Waals surface area contributed by atoms with Gasteiger partial charge in [-0.3, -0.25) is 4.79 Å². The molecule has 0 fully saturated rings.